The van der Waals surface area contributed by atoms with Gasteiger partial charge in [-0.15, -0.1) is 0 Å². The first-order valence-electron chi connectivity index (χ1n) is 5.82. The Hall–Kier alpha value is -0.610. The highest BCUT2D eigenvalue weighted by Crippen LogP contribution is 2.20. The molecule has 0 saturated heterocycles. The van der Waals surface area contributed by atoms with Crippen molar-refractivity contribution < 1.29 is 0 Å². The minimum absolute atomic E-state index is 0.495. The molecule has 1 rings (SSSR count). The monoisotopic (exact) mass is 239 g/mol. The van der Waals surface area contributed by atoms with Crippen LogP contribution < -0.4 is 5.32 Å². The van der Waals surface area contributed by atoms with Crippen molar-refractivity contribution in [2.24, 2.45) is 0 Å². The van der Waals surface area contributed by atoms with Crippen LogP contribution >= 0.6 is 11.8 Å². The second kappa shape index (κ2) is 6.86. The van der Waals surface area contributed by atoms with Crippen LogP contribution in [0.4, 0.5) is 0 Å². The molecule has 1 N–H and O–H groups in total. The Morgan fingerprint density at radius 1 is 1.25 bits per heavy atom. The molecule has 0 spiro atoms. The Labute approximate surface area is 102 Å². The van der Waals surface area contributed by atoms with Crippen molar-refractivity contribution >= 4 is 11.8 Å². The highest BCUT2D eigenvalue weighted by Gasteiger charge is 2.04. The lowest BCUT2D eigenvalue weighted by molar-refractivity contribution is 0.585. The zero-order chi connectivity index (χ0) is 12.0. The van der Waals surface area contributed by atoms with Crippen LogP contribution in [0.2, 0.25) is 0 Å². The quantitative estimate of drug-likeness (QED) is 0.612. The van der Waals surface area contributed by atoms with Crippen molar-refractivity contribution in [1.29, 1.82) is 0 Å². The van der Waals surface area contributed by atoms with E-state index in [0.717, 1.165) is 23.7 Å². The van der Waals surface area contributed by atoms with Gasteiger partial charge in [0.1, 0.15) is 0 Å². The van der Waals surface area contributed by atoms with E-state index in [1.807, 2.05) is 12.4 Å². The zero-order valence-electron chi connectivity index (χ0n) is 10.5. The highest BCUT2D eigenvalue weighted by molar-refractivity contribution is 7.99. The second-order valence-corrected chi connectivity index (χ2v) is 5.65. The molecule has 0 saturated carbocycles. The van der Waals surface area contributed by atoms with Crippen LogP contribution in [0.25, 0.3) is 0 Å². The molecule has 0 aliphatic rings. The second-order valence-electron chi connectivity index (χ2n) is 4.25. The van der Waals surface area contributed by atoms with Gasteiger partial charge in [0.25, 0.3) is 0 Å². The lowest BCUT2D eigenvalue weighted by atomic mass is 10.3. The summed E-state index contributed by atoms with van der Waals surface area (Å²) in [7, 11) is 0. The van der Waals surface area contributed by atoms with Gasteiger partial charge in [-0.05, 0) is 6.42 Å². The molecule has 1 atom stereocenters. The summed E-state index contributed by atoms with van der Waals surface area (Å²) in [5.74, 6) is 0. The molecule has 0 aromatic carbocycles. The summed E-state index contributed by atoms with van der Waals surface area (Å²) in [5, 5.41) is 4.81. The number of hydrogen-bond acceptors (Lipinski definition) is 4. The fourth-order valence-electron chi connectivity index (χ4n) is 1.08. The summed E-state index contributed by atoms with van der Waals surface area (Å²) in [6.07, 6.45) is 4.96. The first-order chi connectivity index (χ1) is 7.61. The number of rotatable bonds is 6. The maximum absolute atomic E-state index is 4.36. The fourth-order valence-corrected chi connectivity index (χ4v) is 1.83. The molecule has 1 aromatic heterocycles. The van der Waals surface area contributed by atoms with E-state index in [-0.39, 0.29) is 0 Å². The van der Waals surface area contributed by atoms with Gasteiger partial charge in [0.15, 0.2) is 5.16 Å². The molecule has 1 heterocycles. The average molecular weight is 239 g/mol. The van der Waals surface area contributed by atoms with E-state index in [0.29, 0.717) is 11.3 Å². The molecule has 0 amide bonds. The van der Waals surface area contributed by atoms with E-state index in [4.69, 9.17) is 0 Å². The lowest BCUT2D eigenvalue weighted by Crippen LogP contribution is -2.22. The van der Waals surface area contributed by atoms with Crippen molar-refractivity contribution in [1.82, 2.24) is 15.3 Å². The molecule has 0 aliphatic heterocycles. The third-order valence-electron chi connectivity index (χ3n) is 2.28. The smallest absolute Gasteiger partial charge is 0.187 e. The van der Waals surface area contributed by atoms with E-state index in [9.17, 15) is 0 Å². The average Bonchev–Trinajstić information content (AvgIpc) is 2.28. The summed E-state index contributed by atoms with van der Waals surface area (Å²) >= 11 is 1.73. The van der Waals surface area contributed by atoms with E-state index in [1.165, 1.54) is 0 Å². The summed E-state index contributed by atoms with van der Waals surface area (Å²) < 4.78 is 0. The molecule has 0 fully saturated rings. The molecule has 90 valence electrons. The van der Waals surface area contributed by atoms with Gasteiger partial charge in [0, 0.05) is 35.8 Å². The Bertz CT molecular complexity index is 298. The lowest BCUT2D eigenvalue weighted by Gasteiger charge is -2.09. The molecule has 4 heteroatoms. The van der Waals surface area contributed by atoms with Crippen LogP contribution in [0.15, 0.2) is 17.6 Å². The number of aromatic nitrogens is 2. The topological polar surface area (TPSA) is 37.8 Å². The molecule has 0 aliphatic carbocycles. The van der Waals surface area contributed by atoms with Crippen molar-refractivity contribution in [3.63, 3.8) is 0 Å². The zero-order valence-corrected chi connectivity index (χ0v) is 11.3. The SMILES string of the molecule is CCC(C)Sc1ncc(CNC(C)C)cn1. The van der Waals surface area contributed by atoms with Gasteiger partial charge in [0.05, 0.1) is 0 Å². The largest absolute Gasteiger partial charge is 0.310 e. The van der Waals surface area contributed by atoms with Gasteiger partial charge in [-0.1, -0.05) is 39.5 Å². The molecular weight excluding hydrogens is 218 g/mol. The van der Waals surface area contributed by atoms with Crippen molar-refractivity contribution in [3.8, 4) is 0 Å². The summed E-state index contributed by atoms with van der Waals surface area (Å²) in [6, 6.07) is 0.495. The molecular formula is C12H21N3S. The van der Waals surface area contributed by atoms with Gasteiger partial charge in [-0.2, -0.15) is 0 Å². The van der Waals surface area contributed by atoms with Gasteiger partial charge < -0.3 is 5.32 Å². The first-order valence-corrected chi connectivity index (χ1v) is 6.70. The standard InChI is InChI=1S/C12H21N3S/c1-5-10(4)16-12-14-7-11(8-15-12)6-13-9(2)3/h7-10,13H,5-6H2,1-4H3. The predicted octanol–water partition coefficient (Wildman–Crippen LogP) is 2.87. The molecule has 1 aromatic rings. The van der Waals surface area contributed by atoms with Crippen LogP contribution in [0.3, 0.4) is 0 Å². The third-order valence-corrected chi connectivity index (χ3v) is 3.43. The summed E-state index contributed by atoms with van der Waals surface area (Å²) in [5.41, 5.74) is 1.14. The van der Waals surface area contributed by atoms with Crippen molar-refractivity contribution in [2.45, 2.75) is 57.1 Å². The van der Waals surface area contributed by atoms with Crippen molar-refractivity contribution in [3.05, 3.63) is 18.0 Å². The Kier molecular flexibility index (Phi) is 5.77. The van der Waals surface area contributed by atoms with E-state index >= 15 is 0 Å². The summed E-state index contributed by atoms with van der Waals surface area (Å²) in [4.78, 5) is 8.71. The predicted molar refractivity (Wildman–Crippen MR) is 69.6 cm³/mol. The highest BCUT2D eigenvalue weighted by atomic mass is 32.2. The molecule has 16 heavy (non-hydrogen) atoms. The number of thioether (sulfide) groups is 1. The van der Waals surface area contributed by atoms with E-state index in [1.54, 1.807) is 11.8 Å². The minimum Gasteiger partial charge on any atom is -0.310 e. The number of hydrogen-bond donors (Lipinski definition) is 1. The Morgan fingerprint density at radius 3 is 2.38 bits per heavy atom. The van der Waals surface area contributed by atoms with Crippen LogP contribution in [0.1, 0.15) is 39.7 Å². The molecule has 3 nitrogen and oxygen atoms in total. The first kappa shape index (κ1) is 13.5. The fraction of sp³-hybridized carbons (Fsp3) is 0.667. The summed E-state index contributed by atoms with van der Waals surface area (Å²) in [6.45, 7) is 9.48. The Balaban J connectivity index is 2.47. The van der Waals surface area contributed by atoms with Crippen molar-refractivity contribution in [2.75, 3.05) is 0 Å². The van der Waals surface area contributed by atoms with E-state index in [2.05, 4.69) is 43.0 Å². The van der Waals surface area contributed by atoms with Gasteiger partial charge in [-0.25, -0.2) is 9.97 Å². The molecule has 0 radical (unpaired) electrons. The van der Waals surface area contributed by atoms with Gasteiger partial charge >= 0.3 is 0 Å². The number of nitrogens with zero attached hydrogens (tertiary/aromatic N) is 2. The van der Waals surface area contributed by atoms with Gasteiger partial charge in [-0.3, -0.25) is 0 Å². The maximum Gasteiger partial charge on any atom is 0.187 e. The Morgan fingerprint density at radius 2 is 1.88 bits per heavy atom. The molecule has 1 unspecified atom stereocenters. The number of nitrogens with one attached hydrogen (secondary N) is 1. The van der Waals surface area contributed by atoms with Crippen LogP contribution in [-0.4, -0.2) is 21.3 Å². The minimum atomic E-state index is 0.495. The van der Waals surface area contributed by atoms with Crippen LogP contribution in [0.5, 0.6) is 0 Å². The maximum atomic E-state index is 4.36. The van der Waals surface area contributed by atoms with Gasteiger partial charge in [0.2, 0.25) is 0 Å². The van der Waals surface area contributed by atoms with Crippen LogP contribution in [-0.2, 0) is 6.54 Å². The van der Waals surface area contributed by atoms with E-state index < -0.39 is 0 Å². The molecule has 0 bridgehead atoms. The third kappa shape index (κ3) is 4.94. The van der Waals surface area contributed by atoms with Crippen LogP contribution in [0, 0.1) is 0 Å². The normalized spacial score (nSPS) is 13.1.